The summed E-state index contributed by atoms with van der Waals surface area (Å²) in [5.74, 6) is 0.180. The Hall–Kier alpha value is -2.77. The van der Waals surface area contributed by atoms with E-state index < -0.39 is 6.10 Å². The number of aliphatic hydroxyl groups is 1. The number of hydrogen-bond donors (Lipinski definition) is 2. The van der Waals surface area contributed by atoms with Crippen LogP contribution in [0.5, 0.6) is 0 Å². The molecule has 4 rings (SSSR count). The normalized spacial score (nSPS) is 15.5. The lowest BCUT2D eigenvalue weighted by molar-refractivity contribution is 0.0838. The van der Waals surface area contributed by atoms with Crippen molar-refractivity contribution in [1.29, 1.82) is 0 Å². The number of β-amino-alcohol motifs (C(OH)–C–C–N with tert-alkyl or cyclic N) is 1. The molecule has 0 saturated heterocycles. The minimum atomic E-state index is -0.628. The molecule has 7 nitrogen and oxygen atoms in total. The summed E-state index contributed by atoms with van der Waals surface area (Å²) in [6.45, 7) is 4.40. The Morgan fingerprint density at radius 3 is 2.96 bits per heavy atom. The molecule has 0 fully saturated rings. The quantitative estimate of drug-likeness (QED) is 0.710. The molecule has 27 heavy (non-hydrogen) atoms. The van der Waals surface area contributed by atoms with Gasteiger partial charge in [-0.25, -0.2) is 9.97 Å². The minimum absolute atomic E-state index is 0.192. The van der Waals surface area contributed by atoms with E-state index in [-0.39, 0.29) is 12.5 Å². The molecule has 2 aromatic heterocycles. The lowest BCUT2D eigenvalue weighted by atomic mass is 10.00. The fraction of sp³-hybridized carbons (Fsp3) is 0.350. The van der Waals surface area contributed by atoms with Crippen molar-refractivity contribution in [1.82, 2.24) is 24.6 Å². The Labute approximate surface area is 157 Å². The van der Waals surface area contributed by atoms with E-state index in [0.29, 0.717) is 18.0 Å². The number of carbonyl (C=O) groups excluding carboxylic acids is 1. The Morgan fingerprint density at radius 1 is 1.30 bits per heavy atom. The number of fused-ring (bicyclic) bond motifs is 2. The molecule has 7 heteroatoms. The number of nitrogens with zero attached hydrogens (tertiary/aromatic N) is 4. The molecule has 3 heterocycles. The van der Waals surface area contributed by atoms with Gasteiger partial charge in [0.15, 0.2) is 0 Å². The van der Waals surface area contributed by atoms with Crippen LogP contribution in [0.4, 0.5) is 0 Å². The van der Waals surface area contributed by atoms with Gasteiger partial charge >= 0.3 is 0 Å². The van der Waals surface area contributed by atoms with E-state index in [1.165, 1.54) is 11.1 Å². The molecule has 3 aromatic rings. The highest BCUT2D eigenvalue weighted by atomic mass is 16.3. The fourth-order valence-electron chi connectivity index (χ4n) is 3.47. The van der Waals surface area contributed by atoms with Crippen LogP contribution in [0.2, 0.25) is 0 Å². The summed E-state index contributed by atoms with van der Waals surface area (Å²) in [5, 5.41) is 13.1. The molecule has 0 bridgehead atoms. The summed E-state index contributed by atoms with van der Waals surface area (Å²) >= 11 is 0. The molecule has 0 radical (unpaired) electrons. The molecular formula is C20H23N5O2. The maximum Gasteiger partial charge on any atom is 0.271 e. The van der Waals surface area contributed by atoms with Gasteiger partial charge in [-0.2, -0.15) is 0 Å². The van der Waals surface area contributed by atoms with Crippen molar-refractivity contribution in [3.63, 3.8) is 0 Å². The molecule has 0 aliphatic carbocycles. The van der Waals surface area contributed by atoms with E-state index in [0.717, 1.165) is 25.1 Å². The number of amides is 1. The number of hydrogen-bond acceptors (Lipinski definition) is 5. The number of imidazole rings is 1. The van der Waals surface area contributed by atoms with Gasteiger partial charge in [0.25, 0.3) is 5.91 Å². The monoisotopic (exact) mass is 365 g/mol. The third-order valence-corrected chi connectivity index (χ3v) is 4.85. The Bertz CT molecular complexity index is 968. The van der Waals surface area contributed by atoms with Crippen LogP contribution in [0.15, 0.2) is 42.9 Å². The highest BCUT2D eigenvalue weighted by Crippen LogP contribution is 2.18. The van der Waals surface area contributed by atoms with Gasteiger partial charge in [0.05, 0.1) is 6.10 Å². The van der Waals surface area contributed by atoms with Gasteiger partial charge in [-0.05, 0) is 30.0 Å². The molecule has 1 aliphatic heterocycles. The zero-order valence-corrected chi connectivity index (χ0v) is 15.3. The van der Waals surface area contributed by atoms with Crippen LogP contribution in [0, 0.1) is 6.92 Å². The van der Waals surface area contributed by atoms with Crippen LogP contribution >= 0.6 is 0 Å². The average molecular weight is 365 g/mol. The number of rotatable bonds is 5. The van der Waals surface area contributed by atoms with E-state index >= 15 is 0 Å². The molecule has 2 N–H and O–H groups in total. The van der Waals surface area contributed by atoms with Crippen LogP contribution < -0.4 is 5.32 Å². The molecule has 0 spiro atoms. The number of nitrogens with one attached hydrogen (secondary N) is 1. The Morgan fingerprint density at radius 2 is 2.11 bits per heavy atom. The Kier molecular flexibility index (Phi) is 4.87. The first-order valence-electron chi connectivity index (χ1n) is 9.15. The van der Waals surface area contributed by atoms with Crippen LogP contribution in [0.3, 0.4) is 0 Å². The van der Waals surface area contributed by atoms with E-state index in [1.807, 2.05) is 19.2 Å². The summed E-state index contributed by atoms with van der Waals surface area (Å²) < 4.78 is 1.73. The first-order chi connectivity index (χ1) is 13.1. The number of aliphatic hydroxyl groups excluding tert-OH is 1. The highest BCUT2D eigenvalue weighted by molar-refractivity contribution is 5.92. The van der Waals surface area contributed by atoms with Crippen molar-refractivity contribution >= 4 is 11.7 Å². The smallest absolute Gasteiger partial charge is 0.271 e. The van der Waals surface area contributed by atoms with Gasteiger partial charge in [0.2, 0.25) is 5.78 Å². The molecule has 1 amide bonds. The first-order valence-corrected chi connectivity index (χ1v) is 9.15. The molecule has 1 atom stereocenters. The molecule has 1 aromatic carbocycles. The zero-order valence-electron chi connectivity index (χ0n) is 15.3. The molecular weight excluding hydrogens is 342 g/mol. The third kappa shape index (κ3) is 3.99. The van der Waals surface area contributed by atoms with Gasteiger partial charge in [0, 0.05) is 44.8 Å². The van der Waals surface area contributed by atoms with Gasteiger partial charge < -0.3 is 10.4 Å². The predicted octanol–water partition coefficient (Wildman–Crippen LogP) is 1.19. The lowest BCUT2D eigenvalue weighted by Crippen LogP contribution is -2.42. The lowest BCUT2D eigenvalue weighted by Gasteiger charge is -2.30. The molecule has 140 valence electrons. The van der Waals surface area contributed by atoms with Gasteiger partial charge in [0.1, 0.15) is 5.69 Å². The number of aryl methyl sites for hydroxylation is 1. The second-order valence-corrected chi connectivity index (χ2v) is 7.08. The first kappa shape index (κ1) is 17.6. The summed E-state index contributed by atoms with van der Waals surface area (Å²) in [4.78, 5) is 22.9. The highest BCUT2D eigenvalue weighted by Gasteiger charge is 2.19. The zero-order chi connectivity index (χ0) is 18.8. The van der Waals surface area contributed by atoms with Crippen LogP contribution in [-0.2, 0) is 13.0 Å². The van der Waals surface area contributed by atoms with E-state index in [1.54, 1.807) is 16.8 Å². The number of aromatic nitrogens is 3. The summed E-state index contributed by atoms with van der Waals surface area (Å²) in [6, 6.07) is 8.41. The van der Waals surface area contributed by atoms with Crippen molar-refractivity contribution in [3.8, 4) is 0 Å². The van der Waals surface area contributed by atoms with Crippen molar-refractivity contribution in [2.45, 2.75) is 26.0 Å². The summed E-state index contributed by atoms with van der Waals surface area (Å²) in [5.41, 5.74) is 3.98. The maximum absolute atomic E-state index is 12.3. The van der Waals surface area contributed by atoms with Crippen molar-refractivity contribution < 1.29 is 9.90 Å². The summed E-state index contributed by atoms with van der Waals surface area (Å²) in [7, 11) is 0. The second kappa shape index (κ2) is 7.46. The van der Waals surface area contributed by atoms with Gasteiger partial charge in [-0.15, -0.1) is 0 Å². The molecule has 1 aliphatic rings. The van der Waals surface area contributed by atoms with E-state index in [2.05, 4.69) is 38.4 Å². The van der Waals surface area contributed by atoms with Crippen LogP contribution in [-0.4, -0.2) is 56.0 Å². The van der Waals surface area contributed by atoms with Crippen molar-refractivity contribution in [2.75, 3.05) is 19.6 Å². The SMILES string of the molecule is Cc1cnc2nc(C(=O)NC[C@H](O)CN3CCc4ccccc4C3)cn2c1. The van der Waals surface area contributed by atoms with E-state index in [9.17, 15) is 9.90 Å². The predicted molar refractivity (Wildman–Crippen MR) is 101 cm³/mol. The van der Waals surface area contributed by atoms with Gasteiger partial charge in [-0.3, -0.25) is 14.1 Å². The van der Waals surface area contributed by atoms with E-state index in [4.69, 9.17) is 0 Å². The fourth-order valence-corrected chi connectivity index (χ4v) is 3.47. The van der Waals surface area contributed by atoms with Gasteiger partial charge in [-0.1, -0.05) is 24.3 Å². The number of carbonyl (C=O) groups is 1. The van der Waals surface area contributed by atoms with Crippen molar-refractivity contribution in [3.05, 3.63) is 65.2 Å². The second-order valence-electron chi connectivity index (χ2n) is 7.08. The largest absolute Gasteiger partial charge is 0.390 e. The topological polar surface area (TPSA) is 82.8 Å². The molecule has 0 saturated carbocycles. The summed E-state index contributed by atoms with van der Waals surface area (Å²) in [6.07, 6.45) is 5.60. The van der Waals surface area contributed by atoms with Crippen LogP contribution in [0.1, 0.15) is 27.2 Å². The molecule has 0 unspecified atom stereocenters. The van der Waals surface area contributed by atoms with Crippen LogP contribution in [0.25, 0.3) is 5.78 Å². The number of benzene rings is 1. The third-order valence-electron chi connectivity index (χ3n) is 4.85. The Balaban J connectivity index is 1.31. The standard InChI is InChI=1S/C20H23N5O2/c1-14-8-22-20-23-18(13-25(20)10-14)19(27)21-9-17(26)12-24-7-6-15-4-2-3-5-16(15)11-24/h2-5,8,10,13,17,26H,6-7,9,11-12H2,1H3,(H,21,27)/t17-/m0/s1. The van der Waals surface area contributed by atoms with Crippen molar-refractivity contribution in [2.24, 2.45) is 0 Å². The minimum Gasteiger partial charge on any atom is -0.390 e. The average Bonchev–Trinajstić information content (AvgIpc) is 3.09. The maximum atomic E-state index is 12.3.